The van der Waals surface area contributed by atoms with E-state index >= 15 is 0 Å². The Balaban J connectivity index is 1.68. The van der Waals surface area contributed by atoms with Crippen molar-refractivity contribution in [1.82, 2.24) is 9.97 Å². The first kappa shape index (κ1) is 14.9. The molecule has 2 aliphatic rings. The van der Waals surface area contributed by atoms with E-state index in [2.05, 4.69) is 15.3 Å². The summed E-state index contributed by atoms with van der Waals surface area (Å²) in [5.74, 6) is 0.389. The van der Waals surface area contributed by atoms with Crippen molar-refractivity contribution in [3.05, 3.63) is 17.0 Å². The zero-order chi connectivity index (χ0) is 15.0. The van der Waals surface area contributed by atoms with Crippen LogP contribution in [0.2, 0.25) is 5.15 Å². The molecule has 0 aliphatic heterocycles. The molecule has 0 aromatic carbocycles. The molecule has 0 radical (unpaired) electrons. The van der Waals surface area contributed by atoms with E-state index in [0.717, 1.165) is 19.3 Å². The highest BCUT2D eigenvalue weighted by Crippen LogP contribution is 2.40. The van der Waals surface area contributed by atoms with E-state index in [0.29, 0.717) is 29.1 Å². The van der Waals surface area contributed by atoms with E-state index in [1.54, 1.807) is 6.07 Å². The lowest BCUT2D eigenvalue weighted by Gasteiger charge is -2.31. The second-order valence-electron chi connectivity index (χ2n) is 5.95. The topological polar surface area (TPSA) is 37.8 Å². The second kappa shape index (κ2) is 5.63. The van der Waals surface area contributed by atoms with Gasteiger partial charge >= 0.3 is 6.18 Å². The minimum Gasteiger partial charge on any atom is -0.367 e. The fourth-order valence-electron chi connectivity index (χ4n) is 2.86. The van der Waals surface area contributed by atoms with Gasteiger partial charge in [-0.05, 0) is 32.1 Å². The lowest BCUT2D eigenvalue weighted by atomic mass is 9.85. The normalized spacial score (nSPS) is 26.7. The van der Waals surface area contributed by atoms with Crippen LogP contribution in [-0.4, -0.2) is 22.2 Å². The molecule has 2 fully saturated rings. The number of hydrogen-bond acceptors (Lipinski definition) is 3. The van der Waals surface area contributed by atoms with Gasteiger partial charge < -0.3 is 5.32 Å². The molecule has 7 heteroatoms. The number of halogens is 4. The van der Waals surface area contributed by atoms with Gasteiger partial charge in [0.25, 0.3) is 0 Å². The number of nitrogens with one attached hydrogen (secondary N) is 1. The summed E-state index contributed by atoms with van der Waals surface area (Å²) in [6.07, 6.45) is -0.367. The van der Waals surface area contributed by atoms with Crippen molar-refractivity contribution in [2.24, 2.45) is 5.92 Å². The van der Waals surface area contributed by atoms with Crippen LogP contribution in [-0.2, 0) is 0 Å². The molecule has 0 spiro atoms. The molecule has 1 aromatic rings. The molecule has 2 atom stereocenters. The first-order valence-electron chi connectivity index (χ1n) is 7.29. The molecule has 0 saturated heterocycles. The Morgan fingerprint density at radius 3 is 2.57 bits per heavy atom. The van der Waals surface area contributed by atoms with Crippen LogP contribution in [0.1, 0.15) is 50.3 Å². The predicted octanol–water partition coefficient (Wildman–Crippen LogP) is 4.54. The first-order valence-corrected chi connectivity index (χ1v) is 7.67. The Bertz CT molecular complexity index is 517. The fraction of sp³-hybridized carbons (Fsp3) is 0.714. The molecule has 116 valence electrons. The second-order valence-corrected chi connectivity index (χ2v) is 6.34. The summed E-state index contributed by atoms with van der Waals surface area (Å²) >= 11 is 5.97. The third kappa shape index (κ3) is 3.78. The van der Waals surface area contributed by atoms with E-state index < -0.39 is 12.1 Å². The average Bonchev–Trinajstić information content (AvgIpc) is 3.21. The number of nitrogens with zero attached hydrogens (tertiary/aromatic N) is 2. The zero-order valence-electron chi connectivity index (χ0n) is 11.5. The van der Waals surface area contributed by atoms with Gasteiger partial charge in [0.2, 0.25) is 0 Å². The predicted molar refractivity (Wildman–Crippen MR) is 74.4 cm³/mol. The largest absolute Gasteiger partial charge is 0.391 e. The number of alkyl halides is 3. The van der Waals surface area contributed by atoms with Gasteiger partial charge in [0, 0.05) is 18.0 Å². The Kier molecular flexibility index (Phi) is 3.99. The van der Waals surface area contributed by atoms with E-state index in [9.17, 15) is 13.2 Å². The quantitative estimate of drug-likeness (QED) is 0.831. The molecule has 3 rings (SSSR count). The molecule has 21 heavy (non-hydrogen) atoms. The number of hydrogen-bond donors (Lipinski definition) is 1. The minimum absolute atomic E-state index is 0.101. The number of anilines is 1. The zero-order valence-corrected chi connectivity index (χ0v) is 12.2. The van der Waals surface area contributed by atoms with Crippen molar-refractivity contribution < 1.29 is 13.2 Å². The van der Waals surface area contributed by atoms with Crippen LogP contribution in [0.5, 0.6) is 0 Å². The molecule has 2 aliphatic carbocycles. The first-order chi connectivity index (χ1) is 9.91. The van der Waals surface area contributed by atoms with Crippen LogP contribution in [0.3, 0.4) is 0 Å². The number of rotatable bonds is 3. The lowest BCUT2D eigenvalue weighted by molar-refractivity contribution is -0.182. The Hall–Kier alpha value is -1.04. The van der Waals surface area contributed by atoms with Crippen molar-refractivity contribution in [1.29, 1.82) is 0 Å². The van der Waals surface area contributed by atoms with Gasteiger partial charge in [0.05, 0.1) is 5.92 Å². The van der Waals surface area contributed by atoms with E-state index in [1.165, 1.54) is 0 Å². The van der Waals surface area contributed by atoms with Crippen molar-refractivity contribution in [2.45, 2.75) is 56.7 Å². The van der Waals surface area contributed by atoms with Crippen molar-refractivity contribution in [3.8, 4) is 0 Å². The third-order valence-corrected chi connectivity index (χ3v) is 4.34. The maximum Gasteiger partial charge on any atom is 0.391 e. The van der Waals surface area contributed by atoms with Crippen LogP contribution in [0.15, 0.2) is 6.07 Å². The Morgan fingerprint density at radius 2 is 1.90 bits per heavy atom. The van der Waals surface area contributed by atoms with Gasteiger partial charge in [0.1, 0.15) is 16.8 Å². The molecule has 2 saturated carbocycles. The van der Waals surface area contributed by atoms with Crippen LogP contribution < -0.4 is 5.32 Å². The average molecular weight is 320 g/mol. The van der Waals surface area contributed by atoms with Crippen molar-refractivity contribution >= 4 is 17.4 Å². The van der Waals surface area contributed by atoms with E-state index in [4.69, 9.17) is 11.6 Å². The van der Waals surface area contributed by atoms with Crippen LogP contribution in [0.4, 0.5) is 19.0 Å². The van der Waals surface area contributed by atoms with Crippen molar-refractivity contribution in [2.75, 3.05) is 5.32 Å². The highest BCUT2D eigenvalue weighted by atomic mass is 35.5. The summed E-state index contributed by atoms with van der Waals surface area (Å²) in [5.41, 5.74) is 0. The fourth-order valence-corrected chi connectivity index (χ4v) is 3.05. The molecular formula is C14H17ClF3N3. The highest BCUT2D eigenvalue weighted by molar-refractivity contribution is 6.29. The molecule has 0 bridgehead atoms. The third-order valence-electron chi connectivity index (χ3n) is 4.14. The van der Waals surface area contributed by atoms with Gasteiger partial charge in [0.15, 0.2) is 0 Å². The van der Waals surface area contributed by atoms with Gasteiger partial charge in [-0.3, -0.25) is 0 Å². The summed E-state index contributed by atoms with van der Waals surface area (Å²) in [5, 5.41) is 3.46. The molecular weight excluding hydrogens is 303 g/mol. The van der Waals surface area contributed by atoms with Gasteiger partial charge in [-0.25, -0.2) is 9.97 Å². The summed E-state index contributed by atoms with van der Waals surface area (Å²) < 4.78 is 38.5. The molecule has 0 amide bonds. The summed E-state index contributed by atoms with van der Waals surface area (Å²) in [6, 6.07) is 1.38. The molecule has 2 unspecified atom stereocenters. The lowest BCUT2D eigenvalue weighted by Crippen LogP contribution is -2.34. The smallest absolute Gasteiger partial charge is 0.367 e. The standard InChI is InChI=1S/C14H17ClF3N3/c15-11-7-12(21-13(20-11)8-4-5-8)19-10-3-1-2-9(6-10)14(16,17)18/h7-10H,1-6H2,(H,19,20,21). The van der Waals surface area contributed by atoms with Crippen LogP contribution >= 0.6 is 11.6 Å². The van der Waals surface area contributed by atoms with Gasteiger partial charge in [-0.1, -0.05) is 18.0 Å². The van der Waals surface area contributed by atoms with E-state index in [1.807, 2.05) is 0 Å². The Labute approximate surface area is 126 Å². The van der Waals surface area contributed by atoms with E-state index in [-0.39, 0.29) is 18.9 Å². The maximum atomic E-state index is 12.8. The number of aromatic nitrogens is 2. The van der Waals surface area contributed by atoms with Crippen LogP contribution in [0, 0.1) is 5.92 Å². The van der Waals surface area contributed by atoms with Crippen LogP contribution in [0.25, 0.3) is 0 Å². The monoisotopic (exact) mass is 319 g/mol. The summed E-state index contributed by atoms with van der Waals surface area (Å²) in [6.45, 7) is 0. The molecule has 1 N–H and O–H groups in total. The van der Waals surface area contributed by atoms with Gasteiger partial charge in [-0.15, -0.1) is 0 Å². The molecule has 1 heterocycles. The van der Waals surface area contributed by atoms with Crippen molar-refractivity contribution in [3.63, 3.8) is 0 Å². The Morgan fingerprint density at radius 1 is 1.14 bits per heavy atom. The maximum absolute atomic E-state index is 12.8. The van der Waals surface area contributed by atoms with Gasteiger partial charge in [-0.2, -0.15) is 13.2 Å². The SMILES string of the molecule is FC(F)(F)C1CCCC(Nc2cc(Cl)nc(C3CC3)n2)C1. The highest BCUT2D eigenvalue weighted by Gasteiger charge is 2.42. The molecule has 1 aromatic heterocycles. The minimum atomic E-state index is -4.11. The molecule has 3 nitrogen and oxygen atoms in total. The summed E-state index contributed by atoms with van der Waals surface area (Å²) in [4.78, 5) is 8.57. The summed E-state index contributed by atoms with van der Waals surface area (Å²) in [7, 11) is 0.